The molecule has 76 valence electrons. The van der Waals surface area contributed by atoms with Gasteiger partial charge < -0.3 is 5.32 Å². The third kappa shape index (κ3) is 2.83. The quantitative estimate of drug-likeness (QED) is 0.795. The number of amides is 1. The molecule has 1 rings (SSSR count). The zero-order chi connectivity index (χ0) is 10.6. The van der Waals surface area contributed by atoms with E-state index in [0.717, 1.165) is 5.56 Å². The fourth-order valence-corrected chi connectivity index (χ4v) is 1.10. The molecular formula is C11H16N2O. The summed E-state index contributed by atoms with van der Waals surface area (Å²) in [5.74, 6) is 0.0930. The summed E-state index contributed by atoms with van der Waals surface area (Å²) in [6.45, 7) is 5.72. The van der Waals surface area contributed by atoms with Crippen molar-refractivity contribution in [3.63, 3.8) is 0 Å². The summed E-state index contributed by atoms with van der Waals surface area (Å²) in [6, 6.07) is 3.85. The number of nitrogens with zero attached hydrogens (tertiary/aromatic N) is 1. The second-order valence-electron chi connectivity index (χ2n) is 3.67. The van der Waals surface area contributed by atoms with E-state index in [1.165, 1.54) is 0 Å². The largest absolute Gasteiger partial charge is 0.349 e. The summed E-state index contributed by atoms with van der Waals surface area (Å²) in [5, 5.41) is 2.92. The lowest BCUT2D eigenvalue weighted by Gasteiger charge is -2.15. The minimum atomic E-state index is 0.0223. The third-order valence-electron chi connectivity index (χ3n) is 2.07. The Hall–Kier alpha value is -1.38. The number of carbonyl (C=O) groups excluding carboxylic acids is 1. The van der Waals surface area contributed by atoms with Crippen molar-refractivity contribution in [1.82, 2.24) is 10.3 Å². The number of pyridine rings is 1. The highest BCUT2D eigenvalue weighted by molar-refractivity contribution is 5.78. The summed E-state index contributed by atoms with van der Waals surface area (Å²) >= 11 is 0. The molecule has 0 unspecified atom stereocenters. The second kappa shape index (κ2) is 4.74. The summed E-state index contributed by atoms with van der Waals surface area (Å²) < 4.78 is 0. The maximum atomic E-state index is 11.4. The number of rotatable bonds is 3. The van der Waals surface area contributed by atoms with Crippen LogP contribution in [0.1, 0.15) is 32.4 Å². The van der Waals surface area contributed by atoms with Crippen LogP contribution < -0.4 is 5.32 Å². The van der Waals surface area contributed by atoms with Gasteiger partial charge in [-0.15, -0.1) is 0 Å². The van der Waals surface area contributed by atoms with Crippen LogP contribution in [0.3, 0.4) is 0 Å². The highest BCUT2D eigenvalue weighted by atomic mass is 16.1. The van der Waals surface area contributed by atoms with Gasteiger partial charge in [0.05, 0.1) is 6.04 Å². The van der Waals surface area contributed by atoms with Crippen LogP contribution in [0.25, 0.3) is 0 Å². The van der Waals surface area contributed by atoms with Gasteiger partial charge in [0.1, 0.15) is 0 Å². The molecule has 3 heteroatoms. The zero-order valence-corrected chi connectivity index (χ0v) is 8.82. The van der Waals surface area contributed by atoms with Gasteiger partial charge in [0, 0.05) is 18.3 Å². The molecule has 1 N–H and O–H groups in total. The van der Waals surface area contributed by atoms with E-state index in [-0.39, 0.29) is 17.9 Å². The van der Waals surface area contributed by atoms with Crippen LogP contribution in [0.15, 0.2) is 24.5 Å². The van der Waals surface area contributed by atoms with E-state index in [1.807, 2.05) is 32.9 Å². The lowest BCUT2D eigenvalue weighted by atomic mass is 10.1. The second-order valence-corrected chi connectivity index (χ2v) is 3.67. The standard InChI is InChI=1S/C11H16N2O/c1-8(2)11(14)13-9(3)10-5-4-6-12-7-10/h4-9H,1-3H3,(H,13,14)/t9-/m1/s1. The Balaban J connectivity index is 2.59. The molecular weight excluding hydrogens is 176 g/mol. The van der Waals surface area contributed by atoms with Crippen LogP contribution in [0.2, 0.25) is 0 Å². The average molecular weight is 192 g/mol. The minimum Gasteiger partial charge on any atom is -0.349 e. The summed E-state index contributed by atoms with van der Waals surface area (Å²) in [4.78, 5) is 15.4. The first kappa shape index (κ1) is 10.7. The first-order valence-electron chi connectivity index (χ1n) is 4.81. The van der Waals surface area contributed by atoms with Gasteiger partial charge in [-0.1, -0.05) is 19.9 Å². The van der Waals surface area contributed by atoms with Gasteiger partial charge in [0.25, 0.3) is 0 Å². The summed E-state index contributed by atoms with van der Waals surface area (Å²) in [7, 11) is 0. The minimum absolute atomic E-state index is 0.0223. The van der Waals surface area contributed by atoms with Crippen LogP contribution in [-0.2, 0) is 4.79 Å². The number of aromatic nitrogens is 1. The van der Waals surface area contributed by atoms with Crippen LogP contribution in [0.4, 0.5) is 0 Å². The fourth-order valence-electron chi connectivity index (χ4n) is 1.10. The van der Waals surface area contributed by atoms with Crippen LogP contribution in [-0.4, -0.2) is 10.9 Å². The van der Waals surface area contributed by atoms with Crippen LogP contribution >= 0.6 is 0 Å². The van der Waals surface area contributed by atoms with E-state index in [1.54, 1.807) is 12.4 Å². The van der Waals surface area contributed by atoms with Crippen molar-refractivity contribution in [2.24, 2.45) is 5.92 Å². The molecule has 0 fully saturated rings. The Morgan fingerprint density at radius 1 is 1.43 bits per heavy atom. The molecule has 0 aliphatic heterocycles. The molecule has 1 atom stereocenters. The van der Waals surface area contributed by atoms with E-state index in [0.29, 0.717) is 0 Å². The number of carbonyl (C=O) groups is 1. The molecule has 14 heavy (non-hydrogen) atoms. The average Bonchev–Trinajstić information content (AvgIpc) is 2.19. The molecule has 1 amide bonds. The first-order chi connectivity index (χ1) is 6.61. The number of nitrogens with one attached hydrogen (secondary N) is 1. The smallest absolute Gasteiger partial charge is 0.223 e. The molecule has 0 saturated carbocycles. The Morgan fingerprint density at radius 3 is 2.64 bits per heavy atom. The van der Waals surface area contributed by atoms with Crippen molar-refractivity contribution in [3.8, 4) is 0 Å². The van der Waals surface area contributed by atoms with Crippen molar-refractivity contribution in [2.75, 3.05) is 0 Å². The van der Waals surface area contributed by atoms with Crippen molar-refractivity contribution < 1.29 is 4.79 Å². The zero-order valence-electron chi connectivity index (χ0n) is 8.82. The van der Waals surface area contributed by atoms with Crippen molar-refractivity contribution in [3.05, 3.63) is 30.1 Å². The molecule has 1 heterocycles. The Labute approximate surface area is 84.6 Å². The maximum absolute atomic E-state index is 11.4. The van der Waals surface area contributed by atoms with Gasteiger partial charge in [-0.25, -0.2) is 0 Å². The molecule has 1 aromatic heterocycles. The molecule has 0 aromatic carbocycles. The van der Waals surface area contributed by atoms with Gasteiger partial charge in [-0.2, -0.15) is 0 Å². The van der Waals surface area contributed by atoms with Crippen molar-refractivity contribution in [2.45, 2.75) is 26.8 Å². The van der Waals surface area contributed by atoms with Crippen molar-refractivity contribution >= 4 is 5.91 Å². The Morgan fingerprint density at radius 2 is 2.14 bits per heavy atom. The van der Waals surface area contributed by atoms with Crippen LogP contribution in [0.5, 0.6) is 0 Å². The molecule has 0 aliphatic rings. The van der Waals surface area contributed by atoms with Gasteiger partial charge in [-0.3, -0.25) is 9.78 Å². The highest BCUT2D eigenvalue weighted by Crippen LogP contribution is 2.10. The molecule has 0 bridgehead atoms. The van der Waals surface area contributed by atoms with Gasteiger partial charge in [0.15, 0.2) is 0 Å². The fraction of sp³-hybridized carbons (Fsp3) is 0.455. The predicted octanol–water partition coefficient (Wildman–Crippen LogP) is 1.91. The van der Waals surface area contributed by atoms with Gasteiger partial charge in [-0.05, 0) is 18.6 Å². The predicted molar refractivity (Wildman–Crippen MR) is 55.6 cm³/mol. The highest BCUT2D eigenvalue weighted by Gasteiger charge is 2.11. The molecule has 0 saturated heterocycles. The topological polar surface area (TPSA) is 42.0 Å². The summed E-state index contributed by atoms with van der Waals surface area (Å²) in [6.07, 6.45) is 3.49. The number of hydrogen-bond acceptors (Lipinski definition) is 2. The van der Waals surface area contributed by atoms with E-state index >= 15 is 0 Å². The van der Waals surface area contributed by atoms with E-state index in [9.17, 15) is 4.79 Å². The van der Waals surface area contributed by atoms with Crippen LogP contribution in [0, 0.1) is 5.92 Å². The molecule has 0 radical (unpaired) electrons. The van der Waals surface area contributed by atoms with Crippen molar-refractivity contribution in [1.29, 1.82) is 0 Å². The van der Waals surface area contributed by atoms with Gasteiger partial charge >= 0.3 is 0 Å². The van der Waals surface area contributed by atoms with E-state index < -0.39 is 0 Å². The molecule has 3 nitrogen and oxygen atoms in total. The SMILES string of the molecule is CC(C)C(=O)N[C@H](C)c1cccnc1. The lowest BCUT2D eigenvalue weighted by Crippen LogP contribution is -2.30. The Kier molecular flexibility index (Phi) is 3.63. The van der Waals surface area contributed by atoms with E-state index in [4.69, 9.17) is 0 Å². The monoisotopic (exact) mass is 192 g/mol. The maximum Gasteiger partial charge on any atom is 0.223 e. The normalized spacial score (nSPS) is 12.6. The first-order valence-corrected chi connectivity index (χ1v) is 4.81. The number of hydrogen-bond donors (Lipinski definition) is 1. The van der Waals surface area contributed by atoms with Gasteiger partial charge in [0.2, 0.25) is 5.91 Å². The molecule has 0 aliphatic carbocycles. The Bertz CT molecular complexity index is 295. The molecule has 1 aromatic rings. The molecule has 0 spiro atoms. The summed E-state index contributed by atoms with van der Waals surface area (Å²) in [5.41, 5.74) is 1.03. The van der Waals surface area contributed by atoms with E-state index in [2.05, 4.69) is 10.3 Å². The lowest BCUT2D eigenvalue weighted by molar-refractivity contribution is -0.124. The third-order valence-corrected chi connectivity index (χ3v) is 2.07.